The van der Waals surface area contributed by atoms with Gasteiger partial charge in [0.05, 0.1) is 11.2 Å². The van der Waals surface area contributed by atoms with E-state index in [0.717, 1.165) is 33.4 Å². The monoisotopic (exact) mass is 446 g/mol. The minimum atomic E-state index is -0.736. The van der Waals surface area contributed by atoms with Gasteiger partial charge in [-0.2, -0.15) is 0 Å². The number of fused-ring (bicyclic) bond motifs is 3. The second-order valence-corrected chi connectivity index (χ2v) is 9.33. The van der Waals surface area contributed by atoms with Crippen LogP contribution in [0.25, 0.3) is 21.9 Å². The van der Waals surface area contributed by atoms with Crippen molar-refractivity contribution in [1.29, 1.82) is 0 Å². The highest BCUT2D eigenvalue weighted by molar-refractivity contribution is 5.79. The summed E-state index contributed by atoms with van der Waals surface area (Å²) in [7, 11) is 0. The van der Waals surface area contributed by atoms with Gasteiger partial charge in [0, 0.05) is 29.2 Å². The average Bonchev–Trinajstić information content (AvgIpc) is 3.40. The minimum absolute atomic E-state index is 0.314. The highest BCUT2D eigenvalue weighted by Gasteiger charge is 2.64. The van der Waals surface area contributed by atoms with Crippen LogP contribution in [0.5, 0.6) is 5.75 Å². The molecule has 1 aromatic carbocycles. The van der Waals surface area contributed by atoms with Crippen molar-refractivity contribution in [2.45, 2.75) is 57.5 Å². The van der Waals surface area contributed by atoms with E-state index in [2.05, 4.69) is 15.0 Å². The second kappa shape index (κ2) is 7.21. The smallest absolute Gasteiger partial charge is 0.165 e. The molecule has 8 nitrogen and oxygen atoms in total. The first-order valence-corrected chi connectivity index (χ1v) is 11.1. The molecule has 0 aliphatic carbocycles. The summed E-state index contributed by atoms with van der Waals surface area (Å²) >= 11 is 0. The molecule has 0 saturated carbocycles. The van der Waals surface area contributed by atoms with Gasteiger partial charge in [-0.15, -0.1) is 0 Å². The van der Waals surface area contributed by atoms with E-state index in [-0.39, 0.29) is 12.2 Å². The standard InChI is InChI=1S/C25H26N4O4/c1-15-18-9-11-29(22(18)28-14-27-15)23-21-25(4,33-24(2,3)32-21)20(31-23)13-30-17-8-7-16-6-5-10-26-19(16)12-17/h5-12,14,20-21,23H,13H2,1-4H3/t20-,21+,23-,25-/m1/s1. The quantitative estimate of drug-likeness (QED) is 0.465. The van der Waals surface area contributed by atoms with E-state index in [9.17, 15) is 0 Å². The number of hydrogen-bond donors (Lipinski definition) is 0. The number of rotatable bonds is 4. The maximum atomic E-state index is 6.54. The zero-order valence-corrected chi connectivity index (χ0v) is 19.1. The van der Waals surface area contributed by atoms with E-state index in [1.807, 2.05) is 74.9 Å². The molecular formula is C25H26N4O4. The van der Waals surface area contributed by atoms with Gasteiger partial charge in [-0.05, 0) is 52.0 Å². The highest BCUT2D eigenvalue weighted by Crippen LogP contribution is 2.50. The molecule has 3 aromatic heterocycles. The van der Waals surface area contributed by atoms with Crippen LogP contribution in [0, 0.1) is 6.92 Å². The molecule has 0 N–H and O–H groups in total. The van der Waals surface area contributed by atoms with Crippen LogP contribution >= 0.6 is 0 Å². The minimum Gasteiger partial charge on any atom is -0.491 e. The maximum Gasteiger partial charge on any atom is 0.165 e. The number of aromatic nitrogens is 4. The lowest BCUT2D eigenvalue weighted by molar-refractivity contribution is -0.213. The van der Waals surface area contributed by atoms with Gasteiger partial charge < -0.3 is 23.5 Å². The summed E-state index contributed by atoms with van der Waals surface area (Å²) in [5, 5.41) is 2.06. The van der Waals surface area contributed by atoms with E-state index in [0.29, 0.717) is 6.61 Å². The summed E-state index contributed by atoms with van der Waals surface area (Å²) in [6, 6.07) is 11.9. The zero-order valence-electron chi connectivity index (χ0n) is 19.1. The van der Waals surface area contributed by atoms with Crippen molar-refractivity contribution >= 4 is 21.9 Å². The zero-order chi connectivity index (χ0) is 22.8. The average molecular weight is 447 g/mol. The van der Waals surface area contributed by atoms with Crippen molar-refractivity contribution in [2.24, 2.45) is 0 Å². The molecule has 0 spiro atoms. The molecule has 4 atom stereocenters. The molecule has 170 valence electrons. The van der Waals surface area contributed by atoms with Gasteiger partial charge in [-0.25, -0.2) is 9.97 Å². The summed E-state index contributed by atoms with van der Waals surface area (Å²) in [6.45, 7) is 8.19. The largest absolute Gasteiger partial charge is 0.491 e. The highest BCUT2D eigenvalue weighted by atomic mass is 16.8. The van der Waals surface area contributed by atoms with Gasteiger partial charge in [0.25, 0.3) is 0 Å². The Labute approximate surface area is 191 Å². The molecule has 6 rings (SSSR count). The predicted molar refractivity (Wildman–Crippen MR) is 122 cm³/mol. The number of aryl methyl sites for hydroxylation is 1. The van der Waals surface area contributed by atoms with Crippen LogP contribution in [-0.2, 0) is 14.2 Å². The molecule has 5 heterocycles. The fourth-order valence-electron chi connectivity index (χ4n) is 5.03. The molecule has 0 unspecified atom stereocenters. The fraction of sp³-hybridized carbons (Fsp3) is 0.400. The number of ether oxygens (including phenoxy) is 4. The predicted octanol–water partition coefficient (Wildman–Crippen LogP) is 4.17. The molecular weight excluding hydrogens is 420 g/mol. The lowest BCUT2D eigenvalue weighted by Gasteiger charge is -2.29. The molecule has 2 aliphatic heterocycles. The van der Waals surface area contributed by atoms with Crippen LogP contribution in [-0.4, -0.2) is 49.7 Å². The van der Waals surface area contributed by atoms with Crippen LogP contribution < -0.4 is 4.74 Å². The fourth-order valence-corrected chi connectivity index (χ4v) is 5.03. The Morgan fingerprint density at radius 3 is 2.85 bits per heavy atom. The van der Waals surface area contributed by atoms with Crippen molar-refractivity contribution < 1.29 is 18.9 Å². The molecule has 2 fully saturated rings. The third kappa shape index (κ3) is 3.28. The third-order valence-corrected chi connectivity index (χ3v) is 6.60. The van der Waals surface area contributed by atoms with E-state index in [1.54, 1.807) is 12.5 Å². The van der Waals surface area contributed by atoms with Crippen LogP contribution in [0.3, 0.4) is 0 Å². The van der Waals surface area contributed by atoms with Crippen molar-refractivity contribution in [1.82, 2.24) is 19.5 Å². The van der Waals surface area contributed by atoms with Crippen molar-refractivity contribution in [3.8, 4) is 5.75 Å². The Balaban J connectivity index is 1.31. The second-order valence-electron chi connectivity index (χ2n) is 9.33. The number of pyridine rings is 1. The van der Waals surface area contributed by atoms with Crippen molar-refractivity contribution in [2.75, 3.05) is 6.61 Å². The first kappa shape index (κ1) is 20.5. The van der Waals surface area contributed by atoms with Gasteiger partial charge >= 0.3 is 0 Å². The van der Waals surface area contributed by atoms with E-state index >= 15 is 0 Å². The number of benzene rings is 1. The molecule has 4 aromatic rings. The van der Waals surface area contributed by atoms with E-state index < -0.39 is 17.6 Å². The van der Waals surface area contributed by atoms with Crippen molar-refractivity contribution in [3.63, 3.8) is 0 Å². The van der Waals surface area contributed by atoms with Crippen LogP contribution in [0.2, 0.25) is 0 Å². The summed E-state index contributed by atoms with van der Waals surface area (Å²) < 4.78 is 27.5. The Morgan fingerprint density at radius 1 is 1.09 bits per heavy atom. The van der Waals surface area contributed by atoms with Crippen molar-refractivity contribution in [3.05, 3.63) is 60.8 Å². The molecule has 0 amide bonds. The molecule has 2 saturated heterocycles. The Kier molecular flexibility index (Phi) is 4.49. The Morgan fingerprint density at radius 2 is 1.97 bits per heavy atom. The van der Waals surface area contributed by atoms with Crippen LogP contribution in [0.4, 0.5) is 0 Å². The first-order valence-electron chi connectivity index (χ1n) is 11.1. The lowest BCUT2D eigenvalue weighted by atomic mass is 9.95. The van der Waals surface area contributed by atoms with Gasteiger partial charge in [-0.3, -0.25) is 4.98 Å². The summed E-state index contributed by atoms with van der Waals surface area (Å²) in [6.07, 6.45) is 4.24. The first-order chi connectivity index (χ1) is 15.8. The third-order valence-electron chi connectivity index (χ3n) is 6.60. The topological polar surface area (TPSA) is 80.5 Å². The number of nitrogens with zero attached hydrogens (tertiary/aromatic N) is 4. The molecule has 0 bridgehead atoms. The van der Waals surface area contributed by atoms with Gasteiger partial charge in [0.1, 0.15) is 42.1 Å². The number of hydrogen-bond acceptors (Lipinski definition) is 7. The maximum absolute atomic E-state index is 6.54. The van der Waals surface area contributed by atoms with E-state index in [4.69, 9.17) is 18.9 Å². The molecule has 8 heteroatoms. The molecule has 33 heavy (non-hydrogen) atoms. The Hall–Kier alpha value is -3.07. The molecule has 2 aliphatic rings. The summed E-state index contributed by atoms with van der Waals surface area (Å²) in [5.74, 6) is 0.00167. The van der Waals surface area contributed by atoms with Crippen LogP contribution in [0.15, 0.2) is 55.1 Å². The van der Waals surface area contributed by atoms with Gasteiger partial charge in [0.2, 0.25) is 0 Å². The molecule has 0 radical (unpaired) electrons. The lowest BCUT2D eigenvalue weighted by Crippen LogP contribution is -2.46. The summed E-state index contributed by atoms with van der Waals surface area (Å²) in [5.41, 5.74) is 1.93. The van der Waals surface area contributed by atoms with Gasteiger partial charge in [-0.1, -0.05) is 6.07 Å². The summed E-state index contributed by atoms with van der Waals surface area (Å²) in [4.78, 5) is 13.2. The SMILES string of the molecule is Cc1ncnc2c1ccn2[C@@H]1O[C@H](COc2ccc3cccnc3c2)[C@@]2(C)OC(C)(C)O[C@@H]12. The van der Waals surface area contributed by atoms with E-state index in [1.165, 1.54) is 0 Å². The normalized spacial score (nSPS) is 28.4. The van der Waals surface area contributed by atoms with Crippen LogP contribution in [0.1, 0.15) is 32.7 Å². The Bertz CT molecular complexity index is 1350. The van der Waals surface area contributed by atoms with Gasteiger partial charge in [0.15, 0.2) is 12.0 Å².